The summed E-state index contributed by atoms with van der Waals surface area (Å²) in [7, 11) is 0. The minimum Gasteiger partial charge on any atom is -0.367 e. The maximum absolute atomic E-state index is 12.7. The second-order valence-electron chi connectivity index (χ2n) is 7.38. The van der Waals surface area contributed by atoms with Crippen molar-refractivity contribution >= 4 is 11.6 Å². The molecule has 8 nitrogen and oxygen atoms in total. The molecule has 1 aromatic carbocycles. The maximum Gasteiger partial charge on any atom is 0.244 e. The van der Waals surface area contributed by atoms with E-state index in [1.165, 1.54) is 0 Å². The largest absolute Gasteiger partial charge is 0.367 e. The Hall–Kier alpha value is -3.73. The van der Waals surface area contributed by atoms with E-state index in [0.717, 1.165) is 41.3 Å². The van der Waals surface area contributed by atoms with Crippen LogP contribution in [0.2, 0.25) is 0 Å². The quantitative estimate of drug-likeness (QED) is 0.665. The van der Waals surface area contributed by atoms with E-state index in [9.17, 15) is 4.79 Å². The van der Waals surface area contributed by atoms with Crippen LogP contribution >= 0.6 is 0 Å². The van der Waals surface area contributed by atoms with Crippen molar-refractivity contribution in [2.45, 2.75) is 20.4 Å². The first-order chi connectivity index (χ1) is 14.5. The van der Waals surface area contributed by atoms with Crippen molar-refractivity contribution in [2.24, 2.45) is 0 Å². The van der Waals surface area contributed by atoms with Crippen molar-refractivity contribution < 1.29 is 4.79 Å². The number of nitrogens with zero attached hydrogens (tertiary/aromatic N) is 7. The molecule has 152 valence electrons. The van der Waals surface area contributed by atoms with Crippen LogP contribution in [-0.2, 0) is 11.3 Å². The van der Waals surface area contributed by atoms with E-state index in [4.69, 9.17) is 5.26 Å². The fraction of sp³-hybridized carbons (Fsp3) is 0.318. The highest BCUT2D eigenvalue weighted by Gasteiger charge is 2.23. The van der Waals surface area contributed by atoms with Crippen molar-refractivity contribution in [3.05, 3.63) is 59.9 Å². The summed E-state index contributed by atoms with van der Waals surface area (Å²) in [5, 5.41) is 13.3. The second-order valence-corrected chi connectivity index (χ2v) is 7.38. The molecular formula is C22H23N7O. The van der Waals surface area contributed by atoms with Gasteiger partial charge in [-0.15, -0.1) is 0 Å². The summed E-state index contributed by atoms with van der Waals surface area (Å²) in [5.41, 5.74) is 4.89. The van der Waals surface area contributed by atoms with Crippen molar-refractivity contribution in [3.63, 3.8) is 0 Å². The maximum atomic E-state index is 12.7. The molecule has 0 saturated carbocycles. The number of aromatic nitrogens is 4. The number of carbonyl (C=O) groups is 1. The molecule has 1 amide bonds. The molecular weight excluding hydrogens is 378 g/mol. The minimum absolute atomic E-state index is 0.0922. The van der Waals surface area contributed by atoms with Gasteiger partial charge in [0.05, 0.1) is 5.69 Å². The number of nitriles is 1. The second kappa shape index (κ2) is 8.33. The summed E-state index contributed by atoms with van der Waals surface area (Å²) in [5.74, 6) is 0.251. The summed E-state index contributed by atoms with van der Waals surface area (Å²) in [6.07, 6.45) is 3.36. The molecule has 8 heteroatoms. The van der Waals surface area contributed by atoms with Gasteiger partial charge in [0.25, 0.3) is 0 Å². The van der Waals surface area contributed by atoms with Gasteiger partial charge in [-0.05, 0) is 26.0 Å². The van der Waals surface area contributed by atoms with Gasteiger partial charge in [0.2, 0.25) is 11.7 Å². The highest BCUT2D eigenvalue weighted by molar-refractivity contribution is 5.79. The lowest BCUT2D eigenvalue weighted by Gasteiger charge is -2.37. The van der Waals surface area contributed by atoms with Crippen LogP contribution in [0.15, 0.2) is 42.7 Å². The average Bonchev–Trinajstić information content (AvgIpc) is 3.10. The summed E-state index contributed by atoms with van der Waals surface area (Å²) >= 11 is 0. The first-order valence-corrected chi connectivity index (χ1v) is 9.90. The fourth-order valence-electron chi connectivity index (χ4n) is 3.78. The molecule has 0 aliphatic carbocycles. The molecule has 1 aliphatic rings. The lowest BCUT2D eigenvalue weighted by atomic mass is 10.1. The number of piperazine rings is 1. The molecule has 30 heavy (non-hydrogen) atoms. The van der Waals surface area contributed by atoms with Gasteiger partial charge >= 0.3 is 0 Å². The molecule has 1 fully saturated rings. The van der Waals surface area contributed by atoms with Crippen LogP contribution in [0.25, 0.3) is 11.1 Å². The van der Waals surface area contributed by atoms with E-state index in [1.807, 2.05) is 49.1 Å². The molecule has 0 unspecified atom stereocenters. The minimum atomic E-state index is 0.0922. The zero-order chi connectivity index (χ0) is 21.1. The smallest absolute Gasteiger partial charge is 0.244 e. The van der Waals surface area contributed by atoms with Gasteiger partial charge in [0, 0.05) is 61.1 Å². The Morgan fingerprint density at radius 3 is 2.43 bits per heavy atom. The van der Waals surface area contributed by atoms with Gasteiger partial charge in [0.15, 0.2) is 0 Å². The van der Waals surface area contributed by atoms with E-state index in [1.54, 1.807) is 17.1 Å². The van der Waals surface area contributed by atoms with E-state index in [0.29, 0.717) is 13.1 Å². The lowest BCUT2D eigenvalue weighted by Crippen LogP contribution is -2.49. The van der Waals surface area contributed by atoms with Crippen molar-refractivity contribution in [1.29, 1.82) is 5.26 Å². The normalized spacial score (nSPS) is 13.9. The molecule has 0 spiro atoms. The number of hydrogen-bond acceptors (Lipinski definition) is 6. The zero-order valence-corrected chi connectivity index (χ0v) is 17.1. The van der Waals surface area contributed by atoms with Crippen molar-refractivity contribution in [2.75, 3.05) is 31.1 Å². The van der Waals surface area contributed by atoms with E-state index < -0.39 is 0 Å². The Morgan fingerprint density at radius 2 is 1.80 bits per heavy atom. The molecule has 3 heterocycles. The number of hydrogen-bond donors (Lipinski definition) is 0. The number of rotatable bonds is 4. The first kappa shape index (κ1) is 19.6. The Labute approximate surface area is 175 Å². The Morgan fingerprint density at radius 1 is 1.10 bits per heavy atom. The Kier molecular flexibility index (Phi) is 5.44. The van der Waals surface area contributed by atoms with Gasteiger partial charge in [-0.2, -0.15) is 10.4 Å². The summed E-state index contributed by atoms with van der Waals surface area (Å²) in [6, 6.07) is 12.0. The third-order valence-corrected chi connectivity index (χ3v) is 5.33. The van der Waals surface area contributed by atoms with Crippen LogP contribution < -0.4 is 4.90 Å². The number of benzene rings is 1. The van der Waals surface area contributed by atoms with Crippen LogP contribution in [0, 0.1) is 25.2 Å². The number of amides is 1. The number of aryl methyl sites for hydroxylation is 2. The topological polar surface area (TPSA) is 90.9 Å². The molecule has 0 atom stereocenters. The van der Waals surface area contributed by atoms with Gasteiger partial charge in [-0.3, -0.25) is 9.48 Å². The van der Waals surface area contributed by atoms with E-state index >= 15 is 0 Å². The molecule has 3 aromatic rings. The van der Waals surface area contributed by atoms with E-state index in [2.05, 4.69) is 26.0 Å². The third-order valence-electron chi connectivity index (χ3n) is 5.33. The Balaban J connectivity index is 1.45. The standard InChI is InChI=1S/C22H23N7O/c1-16-11-17(2)29(26-16)15-22(30)28-9-7-27(8-10-28)20-6-4-3-5-19(20)18-13-24-21(12-23)25-14-18/h3-6,11,13-14H,7-10,15H2,1-2H3. The van der Waals surface area contributed by atoms with Crippen LogP contribution in [0.3, 0.4) is 0 Å². The van der Waals surface area contributed by atoms with Crippen molar-refractivity contribution in [3.8, 4) is 17.2 Å². The molecule has 0 N–H and O–H groups in total. The molecule has 1 saturated heterocycles. The highest BCUT2D eigenvalue weighted by Crippen LogP contribution is 2.30. The SMILES string of the molecule is Cc1cc(C)n(CC(=O)N2CCN(c3ccccc3-c3cnc(C#N)nc3)CC2)n1. The van der Waals surface area contributed by atoms with Gasteiger partial charge in [-0.25, -0.2) is 9.97 Å². The van der Waals surface area contributed by atoms with Gasteiger partial charge in [0.1, 0.15) is 12.6 Å². The molecule has 1 aliphatic heterocycles. The number of anilines is 1. The summed E-state index contributed by atoms with van der Waals surface area (Å²) in [4.78, 5) is 25.1. The predicted octanol–water partition coefficient (Wildman–Crippen LogP) is 2.18. The van der Waals surface area contributed by atoms with Crippen LogP contribution in [0.4, 0.5) is 5.69 Å². The fourth-order valence-corrected chi connectivity index (χ4v) is 3.78. The third kappa shape index (κ3) is 4.01. The van der Waals surface area contributed by atoms with Crippen molar-refractivity contribution in [1.82, 2.24) is 24.6 Å². The van der Waals surface area contributed by atoms with Crippen LogP contribution in [-0.4, -0.2) is 56.7 Å². The lowest BCUT2D eigenvalue weighted by molar-refractivity contribution is -0.132. The first-order valence-electron chi connectivity index (χ1n) is 9.90. The van der Waals surface area contributed by atoms with E-state index in [-0.39, 0.29) is 18.3 Å². The van der Waals surface area contributed by atoms with Crippen LogP contribution in [0.5, 0.6) is 0 Å². The monoisotopic (exact) mass is 401 g/mol. The number of carbonyl (C=O) groups excluding carboxylic acids is 1. The summed E-state index contributed by atoms with van der Waals surface area (Å²) in [6.45, 7) is 7.00. The zero-order valence-electron chi connectivity index (χ0n) is 17.1. The molecule has 4 rings (SSSR count). The molecule has 2 aromatic heterocycles. The molecule has 0 bridgehead atoms. The van der Waals surface area contributed by atoms with Gasteiger partial charge < -0.3 is 9.80 Å². The number of para-hydroxylation sites is 1. The van der Waals surface area contributed by atoms with Gasteiger partial charge in [-0.1, -0.05) is 18.2 Å². The molecule has 0 radical (unpaired) electrons. The average molecular weight is 401 g/mol. The summed E-state index contributed by atoms with van der Waals surface area (Å²) < 4.78 is 1.77. The predicted molar refractivity (Wildman–Crippen MR) is 113 cm³/mol. The Bertz CT molecular complexity index is 1090. The highest BCUT2D eigenvalue weighted by atomic mass is 16.2. The van der Waals surface area contributed by atoms with Crippen LogP contribution in [0.1, 0.15) is 17.2 Å².